The summed E-state index contributed by atoms with van der Waals surface area (Å²) < 4.78 is 39.6. The van der Waals surface area contributed by atoms with Gasteiger partial charge in [0.15, 0.2) is 0 Å². The van der Waals surface area contributed by atoms with Gasteiger partial charge in [0, 0.05) is 24.1 Å². The molecular formula is C27H35F3N2O2. The molecule has 5 rings (SSSR count). The molecule has 1 aromatic carbocycles. The van der Waals surface area contributed by atoms with E-state index in [1.807, 2.05) is 0 Å². The number of piperidine rings is 1. The van der Waals surface area contributed by atoms with Crippen molar-refractivity contribution in [2.75, 3.05) is 5.32 Å². The van der Waals surface area contributed by atoms with E-state index >= 15 is 0 Å². The molecule has 0 bridgehead atoms. The highest BCUT2D eigenvalue weighted by molar-refractivity contribution is 5.94. The minimum atomic E-state index is -4.44. The monoisotopic (exact) mass is 476 g/mol. The number of rotatable bonds is 2. The van der Waals surface area contributed by atoms with Crippen LogP contribution in [-0.2, 0) is 15.8 Å². The maximum absolute atomic E-state index is 13.4. The highest BCUT2D eigenvalue weighted by Crippen LogP contribution is 2.65. The first kappa shape index (κ1) is 23.7. The fourth-order valence-corrected chi connectivity index (χ4v) is 8.29. The first-order valence-corrected chi connectivity index (χ1v) is 12.7. The van der Waals surface area contributed by atoms with Crippen molar-refractivity contribution in [3.8, 4) is 0 Å². The molecule has 186 valence electrons. The number of hydrogen-bond donors (Lipinski definition) is 2. The molecule has 2 N–H and O–H groups in total. The molecule has 1 aromatic rings. The zero-order valence-electron chi connectivity index (χ0n) is 20.2. The molecule has 4 aliphatic rings. The van der Waals surface area contributed by atoms with E-state index in [1.165, 1.54) is 6.07 Å². The number of fused-ring (bicyclic) bond motifs is 5. The molecule has 34 heavy (non-hydrogen) atoms. The summed E-state index contributed by atoms with van der Waals surface area (Å²) in [6.45, 7) is 6.32. The Bertz CT molecular complexity index is 1010. The summed E-state index contributed by atoms with van der Waals surface area (Å²) in [7, 11) is 0. The number of aryl methyl sites for hydroxylation is 1. The summed E-state index contributed by atoms with van der Waals surface area (Å²) >= 11 is 0. The summed E-state index contributed by atoms with van der Waals surface area (Å²) in [6.07, 6.45) is 2.94. The van der Waals surface area contributed by atoms with E-state index in [-0.39, 0.29) is 40.3 Å². The Labute approximate surface area is 199 Å². The van der Waals surface area contributed by atoms with Crippen LogP contribution >= 0.6 is 0 Å². The number of alkyl halides is 3. The van der Waals surface area contributed by atoms with Crippen molar-refractivity contribution in [1.82, 2.24) is 5.32 Å². The third-order valence-corrected chi connectivity index (χ3v) is 10.2. The van der Waals surface area contributed by atoms with Crippen LogP contribution in [0.4, 0.5) is 18.9 Å². The van der Waals surface area contributed by atoms with E-state index in [1.54, 1.807) is 6.92 Å². The lowest BCUT2D eigenvalue weighted by Crippen LogP contribution is -2.61. The van der Waals surface area contributed by atoms with Crippen molar-refractivity contribution < 1.29 is 22.8 Å². The molecule has 4 nitrogen and oxygen atoms in total. The van der Waals surface area contributed by atoms with Crippen molar-refractivity contribution in [3.05, 3.63) is 29.3 Å². The van der Waals surface area contributed by atoms with Gasteiger partial charge in [0.25, 0.3) is 0 Å². The molecule has 0 aromatic heterocycles. The van der Waals surface area contributed by atoms with E-state index < -0.39 is 11.7 Å². The highest BCUT2D eigenvalue weighted by Gasteiger charge is 2.61. The number of anilines is 1. The number of halogens is 3. The molecule has 0 spiro atoms. The van der Waals surface area contributed by atoms with Crippen molar-refractivity contribution in [1.29, 1.82) is 0 Å². The van der Waals surface area contributed by atoms with Gasteiger partial charge in [-0.25, -0.2) is 0 Å². The molecule has 4 unspecified atom stereocenters. The molecule has 3 aliphatic carbocycles. The van der Waals surface area contributed by atoms with Crippen molar-refractivity contribution in [2.45, 2.75) is 84.4 Å². The lowest BCUT2D eigenvalue weighted by Gasteiger charge is -2.60. The third kappa shape index (κ3) is 3.65. The van der Waals surface area contributed by atoms with Gasteiger partial charge in [-0.2, -0.15) is 13.2 Å². The topological polar surface area (TPSA) is 58.2 Å². The predicted molar refractivity (Wildman–Crippen MR) is 124 cm³/mol. The van der Waals surface area contributed by atoms with Crippen LogP contribution in [-0.4, -0.2) is 17.9 Å². The van der Waals surface area contributed by atoms with Crippen LogP contribution in [0.2, 0.25) is 0 Å². The summed E-state index contributed by atoms with van der Waals surface area (Å²) in [4.78, 5) is 25.4. The number of hydrogen-bond acceptors (Lipinski definition) is 2. The van der Waals surface area contributed by atoms with E-state index in [2.05, 4.69) is 24.5 Å². The molecule has 2 amide bonds. The van der Waals surface area contributed by atoms with Gasteiger partial charge in [-0.1, -0.05) is 19.9 Å². The Hall–Kier alpha value is -2.05. The molecule has 3 saturated carbocycles. The molecule has 1 aliphatic heterocycles. The van der Waals surface area contributed by atoms with Crippen LogP contribution in [0.25, 0.3) is 0 Å². The number of carbonyl (C=O) groups excluding carboxylic acids is 2. The van der Waals surface area contributed by atoms with E-state index in [0.29, 0.717) is 29.7 Å². The van der Waals surface area contributed by atoms with Crippen LogP contribution in [0.3, 0.4) is 0 Å². The number of carbonyl (C=O) groups is 2. The second-order valence-electron chi connectivity index (χ2n) is 11.8. The van der Waals surface area contributed by atoms with Gasteiger partial charge in [-0.3, -0.25) is 9.59 Å². The van der Waals surface area contributed by atoms with E-state index in [9.17, 15) is 22.8 Å². The van der Waals surface area contributed by atoms with Crippen molar-refractivity contribution in [3.63, 3.8) is 0 Å². The van der Waals surface area contributed by atoms with Gasteiger partial charge in [0.1, 0.15) is 0 Å². The maximum Gasteiger partial charge on any atom is 0.416 e. The lowest BCUT2D eigenvalue weighted by molar-refractivity contribution is -0.140. The third-order valence-electron chi connectivity index (χ3n) is 10.2. The van der Waals surface area contributed by atoms with Gasteiger partial charge in [-0.15, -0.1) is 0 Å². The van der Waals surface area contributed by atoms with Crippen LogP contribution in [0, 0.1) is 41.4 Å². The number of benzene rings is 1. The largest absolute Gasteiger partial charge is 0.416 e. The zero-order valence-corrected chi connectivity index (χ0v) is 20.2. The van der Waals surface area contributed by atoms with Gasteiger partial charge in [0.05, 0.1) is 5.56 Å². The van der Waals surface area contributed by atoms with Gasteiger partial charge >= 0.3 is 6.18 Å². The molecule has 7 atom stereocenters. The molecular weight excluding hydrogens is 441 g/mol. The summed E-state index contributed by atoms with van der Waals surface area (Å²) in [5, 5.41) is 6.12. The summed E-state index contributed by atoms with van der Waals surface area (Å²) in [5.74, 6) is 1.38. The molecule has 1 saturated heterocycles. The predicted octanol–water partition coefficient (Wildman–Crippen LogP) is 6.09. The minimum absolute atomic E-state index is 0.119. The number of amides is 2. The van der Waals surface area contributed by atoms with Crippen LogP contribution in [0.1, 0.15) is 76.3 Å². The van der Waals surface area contributed by atoms with Crippen molar-refractivity contribution in [2.24, 2.45) is 34.5 Å². The van der Waals surface area contributed by atoms with Crippen LogP contribution in [0.5, 0.6) is 0 Å². The fraction of sp³-hybridized carbons (Fsp3) is 0.704. The van der Waals surface area contributed by atoms with Crippen LogP contribution < -0.4 is 10.6 Å². The van der Waals surface area contributed by atoms with Gasteiger partial charge < -0.3 is 10.6 Å². The van der Waals surface area contributed by atoms with E-state index in [4.69, 9.17) is 0 Å². The van der Waals surface area contributed by atoms with Crippen LogP contribution in [0.15, 0.2) is 18.2 Å². The standard InChI is InChI=1S/C27H35F3N2O2/c1-15-4-5-16(27(28,29)30)14-21(15)31-24(34)20-8-7-18-17-6-9-22-26(3,13-11-23(33)32-22)19(17)10-12-25(18,20)2/h4-5,14,17-20,22H,6-13H2,1-3H3,(H,31,34)(H,32,33)/t17?,18?,19?,20-,22?,25+,26-/m1/s1. The molecule has 1 heterocycles. The molecule has 0 radical (unpaired) electrons. The minimum Gasteiger partial charge on any atom is -0.353 e. The average Bonchev–Trinajstić information content (AvgIpc) is 3.12. The fourth-order valence-electron chi connectivity index (χ4n) is 8.29. The Kier molecular flexibility index (Phi) is 5.56. The molecule has 4 fully saturated rings. The SMILES string of the molecule is Cc1ccc(C(F)(F)F)cc1NC(=O)[C@H]1CCC2C3CCC4NC(=O)CC[C@]4(C)C3CC[C@@]21C. The Morgan fingerprint density at radius 1 is 1.03 bits per heavy atom. The van der Waals surface area contributed by atoms with E-state index in [0.717, 1.165) is 57.1 Å². The van der Waals surface area contributed by atoms with Crippen molar-refractivity contribution >= 4 is 17.5 Å². The Morgan fingerprint density at radius 2 is 1.76 bits per heavy atom. The second kappa shape index (κ2) is 7.99. The Morgan fingerprint density at radius 3 is 2.50 bits per heavy atom. The first-order chi connectivity index (χ1) is 15.9. The zero-order chi connectivity index (χ0) is 24.5. The molecule has 7 heteroatoms. The quantitative estimate of drug-likeness (QED) is 0.543. The Balaban J connectivity index is 1.35. The number of nitrogens with one attached hydrogen (secondary N) is 2. The van der Waals surface area contributed by atoms with Gasteiger partial charge in [-0.05, 0) is 98.1 Å². The normalized spacial score (nSPS) is 39.5. The smallest absolute Gasteiger partial charge is 0.353 e. The lowest BCUT2D eigenvalue weighted by atomic mass is 9.47. The first-order valence-electron chi connectivity index (χ1n) is 12.7. The van der Waals surface area contributed by atoms with Gasteiger partial charge in [0.2, 0.25) is 11.8 Å². The average molecular weight is 477 g/mol. The summed E-state index contributed by atoms with van der Waals surface area (Å²) in [5.41, 5.74) is 0.131. The summed E-state index contributed by atoms with van der Waals surface area (Å²) in [6, 6.07) is 3.79. The second-order valence-corrected chi connectivity index (χ2v) is 11.8. The maximum atomic E-state index is 13.4. The highest BCUT2D eigenvalue weighted by atomic mass is 19.4.